The van der Waals surface area contributed by atoms with Crippen molar-refractivity contribution in [2.75, 3.05) is 6.61 Å². The van der Waals surface area contributed by atoms with Gasteiger partial charge in [-0.2, -0.15) is 0 Å². The lowest BCUT2D eigenvalue weighted by atomic mass is 9.89. The number of hydrogen-bond donors (Lipinski definition) is 0. The number of carbonyl (C=O) groups is 1. The lowest BCUT2D eigenvalue weighted by Crippen LogP contribution is -2.19. The number of rotatable bonds is 4. The van der Waals surface area contributed by atoms with Crippen LogP contribution in [0.5, 0.6) is 5.75 Å². The van der Waals surface area contributed by atoms with Gasteiger partial charge < -0.3 is 9.47 Å². The maximum Gasteiger partial charge on any atom is 0.363 e. The van der Waals surface area contributed by atoms with Gasteiger partial charge in [0.15, 0.2) is 5.70 Å². The average Bonchev–Trinajstić information content (AvgIpc) is 2.90. The minimum atomic E-state index is -0.345. The molecule has 116 valence electrons. The Bertz CT molecular complexity index is 613. The van der Waals surface area contributed by atoms with Crippen molar-refractivity contribution >= 4 is 17.9 Å². The third kappa shape index (κ3) is 3.38. The Morgan fingerprint density at radius 2 is 2.14 bits per heavy atom. The largest absolute Gasteiger partial charge is 0.494 e. The Labute approximate surface area is 130 Å². The van der Waals surface area contributed by atoms with Gasteiger partial charge in [0, 0.05) is 5.92 Å². The van der Waals surface area contributed by atoms with Crippen molar-refractivity contribution in [1.82, 2.24) is 0 Å². The highest BCUT2D eigenvalue weighted by atomic mass is 16.6. The van der Waals surface area contributed by atoms with Crippen LogP contribution in [-0.4, -0.2) is 18.5 Å². The van der Waals surface area contributed by atoms with Crippen LogP contribution in [0.25, 0.3) is 6.08 Å². The molecule has 2 aliphatic rings. The first-order valence-corrected chi connectivity index (χ1v) is 8.01. The monoisotopic (exact) mass is 299 g/mol. The third-order valence-corrected chi connectivity index (χ3v) is 4.06. The van der Waals surface area contributed by atoms with Crippen LogP contribution in [0.2, 0.25) is 0 Å². The van der Waals surface area contributed by atoms with Gasteiger partial charge in [0.2, 0.25) is 5.90 Å². The van der Waals surface area contributed by atoms with Crippen molar-refractivity contribution in [2.24, 2.45) is 10.9 Å². The number of hydrogen-bond acceptors (Lipinski definition) is 4. The molecule has 0 spiro atoms. The number of esters is 1. The molecular weight excluding hydrogens is 278 g/mol. The standard InChI is InChI=1S/C18H21NO3/c1-2-21-15-10-6-7-13(11-15)12-16-18(20)22-17(19-16)14-8-4-3-5-9-14/h6-7,10-12,14H,2-5,8-9H2,1H3/b16-12+. The highest BCUT2D eigenvalue weighted by Gasteiger charge is 2.30. The van der Waals surface area contributed by atoms with Crippen LogP contribution < -0.4 is 4.74 Å². The summed E-state index contributed by atoms with van der Waals surface area (Å²) in [6.45, 7) is 2.56. The highest BCUT2D eigenvalue weighted by Crippen LogP contribution is 2.29. The molecule has 4 nitrogen and oxygen atoms in total. The fraction of sp³-hybridized carbons (Fsp3) is 0.444. The summed E-state index contributed by atoms with van der Waals surface area (Å²) in [5, 5.41) is 0. The molecule has 0 saturated heterocycles. The molecule has 1 aromatic rings. The molecule has 1 aliphatic carbocycles. The van der Waals surface area contributed by atoms with Crippen molar-refractivity contribution in [3.05, 3.63) is 35.5 Å². The van der Waals surface area contributed by atoms with Gasteiger partial charge >= 0.3 is 5.97 Å². The van der Waals surface area contributed by atoms with E-state index in [-0.39, 0.29) is 5.97 Å². The van der Waals surface area contributed by atoms with Crippen LogP contribution in [0.15, 0.2) is 35.0 Å². The van der Waals surface area contributed by atoms with Crippen LogP contribution in [0, 0.1) is 5.92 Å². The van der Waals surface area contributed by atoms with Gasteiger partial charge in [0.1, 0.15) is 5.75 Å². The van der Waals surface area contributed by atoms with Gasteiger partial charge in [0.25, 0.3) is 0 Å². The van der Waals surface area contributed by atoms with E-state index in [9.17, 15) is 4.79 Å². The molecule has 1 aromatic carbocycles. The first kappa shape index (κ1) is 14.8. The summed E-state index contributed by atoms with van der Waals surface area (Å²) >= 11 is 0. The Kier molecular flexibility index (Phi) is 4.56. The van der Waals surface area contributed by atoms with Crippen LogP contribution in [0.3, 0.4) is 0 Å². The molecule has 0 bridgehead atoms. The summed E-state index contributed by atoms with van der Waals surface area (Å²) in [7, 11) is 0. The number of benzene rings is 1. The smallest absolute Gasteiger partial charge is 0.363 e. The lowest BCUT2D eigenvalue weighted by Gasteiger charge is -2.19. The second-order valence-electron chi connectivity index (χ2n) is 5.71. The second kappa shape index (κ2) is 6.77. The Morgan fingerprint density at radius 3 is 2.91 bits per heavy atom. The van der Waals surface area contributed by atoms with Gasteiger partial charge in [-0.25, -0.2) is 9.79 Å². The SMILES string of the molecule is CCOc1cccc(/C=C2/N=C(C3CCCCC3)OC2=O)c1. The summed E-state index contributed by atoms with van der Waals surface area (Å²) in [6, 6.07) is 7.63. The lowest BCUT2D eigenvalue weighted by molar-refractivity contribution is -0.130. The van der Waals surface area contributed by atoms with Crippen LogP contribution in [0.1, 0.15) is 44.6 Å². The van der Waals surface area contributed by atoms with E-state index in [1.165, 1.54) is 19.3 Å². The predicted molar refractivity (Wildman–Crippen MR) is 85.7 cm³/mol. The molecule has 0 atom stereocenters. The Hall–Kier alpha value is -2.10. The zero-order valence-corrected chi connectivity index (χ0v) is 12.9. The first-order valence-electron chi connectivity index (χ1n) is 8.01. The highest BCUT2D eigenvalue weighted by molar-refractivity contribution is 6.07. The van der Waals surface area contributed by atoms with E-state index in [1.807, 2.05) is 31.2 Å². The van der Waals surface area contributed by atoms with Gasteiger partial charge in [0.05, 0.1) is 6.61 Å². The summed E-state index contributed by atoms with van der Waals surface area (Å²) in [4.78, 5) is 16.4. The van der Waals surface area contributed by atoms with Crippen LogP contribution >= 0.6 is 0 Å². The average molecular weight is 299 g/mol. The first-order chi connectivity index (χ1) is 10.8. The van der Waals surface area contributed by atoms with E-state index in [2.05, 4.69) is 4.99 Å². The molecular formula is C18H21NO3. The molecule has 0 radical (unpaired) electrons. The minimum Gasteiger partial charge on any atom is -0.494 e. The number of nitrogens with zero attached hydrogens (tertiary/aromatic N) is 1. The second-order valence-corrected chi connectivity index (χ2v) is 5.71. The van der Waals surface area contributed by atoms with Crippen molar-refractivity contribution in [3.8, 4) is 5.75 Å². The van der Waals surface area contributed by atoms with E-state index < -0.39 is 0 Å². The van der Waals surface area contributed by atoms with E-state index in [0.29, 0.717) is 24.1 Å². The molecule has 0 amide bonds. The number of aliphatic imine (C=N–C) groups is 1. The summed E-state index contributed by atoms with van der Waals surface area (Å²) in [6.07, 6.45) is 7.55. The maximum absolute atomic E-state index is 12.0. The summed E-state index contributed by atoms with van der Waals surface area (Å²) in [5.41, 5.74) is 1.28. The zero-order chi connectivity index (χ0) is 15.4. The van der Waals surface area contributed by atoms with Crippen LogP contribution in [-0.2, 0) is 9.53 Å². The summed E-state index contributed by atoms with van der Waals surface area (Å²) < 4.78 is 10.8. The predicted octanol–water partition coefficient (Wildman–Crippen LogP) is 3.96. The Balaban J connectivity index is 1.79. The van der Waals surface area contributed by atoms with Gasteiger partial charge in [-0.1, -0.05) is 31.4 Å². The molecule has 1 aliphatic heterocycles. The number of ether oxygens (including phenoxy) is 2. The van der Waals surface area contributed by atoms with Crippen molar-refractivity contribution in [2.45, 2.75) is 39.0 Å². The third-order valence-electron chi connectivity index (χ3n) is 4.06. The van der Waals surface area contributed by atoms with Crippen molar-refractivity contribution in [1.29, 1.82) is 0 Å². The fourth-order valence-corrected chi connectivity index (χ4v) is 2.97. The van der Waals surface area contributed by atoms with E-state index >= 15 is 0 Å². The maximum atomic E-state index is 12.0. The fourth-order valence-electron chi connectivity index (χ4n) is 2.97. The molecule has 1 heterocycles. The number of cyclic esters (lactones) is 1. The molecule has 1 saturated carbocycles. The molecule has 1 fully saturated rings. The normalized spacial score (nSPS) is 20.9. The van der Waals surface area contributed by atoms with E-state index in [4.69, 9.17) is 9.47 Å². The molecule has 0 aromatic heterocycles. The topological polar surface area (TPSA) is 47.9 Å². The Morgan fingerprint density at radius 1 is 1.32 bits per heavy atom. The molecule has 4 heteroatoms. The van der Waals surface area contributed by atoms with Gasteiger partial charge in [-0.3, -0.25) is 0 Å². The quantitative estimate of drug-likeness (QED) is 0.624. The molecule has 3 rings (SSSR count). The van der Waals surface area contributed by atoms with Gasteiger partial charge in [-0.15, -0.1) is 0 Å². The van der Waals surface area contributed by atoms with E-state index in [1.54, 1.807) is 6.08 Å². The molecule has 0 N–H and O–H groups in total. The van der Waals surface area contributed by atoms with Crippen molar-refractivity contribution < 1.29 is 14.3 Å². The summed E-state index contributed by atoms with van der Waals surface area (Å²) in [5.74, 6) is 1.36. The number of carbonyl (C=O) groups excluding carboxylic acids is 1. The van der Waals surface area contributed by atoms with Crippen LogP contribution in [0.4, 0.5) is 0 Å². The minimum absolute atomic E-state index is 0.304. The molecule has 0 unspecified atom stereocenters. The van der Waals surface area contributed by atoms with E-state index in [0.717, 1.165) is 24.2 Å². The van der Waals surface area contributed by atoms with Gasteiger partial charge in [-0.05, 0) is 43.5 Å². The zero-order valence-electron chi connectivity index (χ0n) is 12.9. The molecule has 22 heavy (non-hydrogen) atoms. The van der Waals surface area contributed by atoms with Crippen molar-refractivity contribution in [3.63, 3.8) is 0 Å².